The molecule has 0 amide bonds. The highest BCUT2D eigenvalue weighted by Crippen LogP contribution is 2.31. The number of hydrogen-bond donors (Lipinski definition) is 2. The van der Waals surface area contributed by atoms with Crippen molar-refractivity contribution in [2.45, 2.75) is 14.7 Å². The topological polar surface area (TPSA) is 121 Å². The molecular formula is C26H16F2I2N2O6S3. The first-order valence-electron chi connectivity index (χ1n) is 11.2. The molecule has 212 valence electrons. The van der Waals surface area contributed by atoms with E-state index in [4.69, 9.17) is 12.2 Å². The molecule has 0 saturated heterocycles. The number of carboxylic acids is 1. The average molecular weight is 840 g/mol. The summed E-state index contributed by atoms with van der Waals surface area (Å²) in [5.74, 6) is -2.41. The summed E-state index contributed by atoms with van der Waals surface area (Å²) >= 11 is 9.26. The van der Waals surface area contributed by atoms with Gasteiger partial charge in [0.15, 0.2) is 5.11 Å². The van der Waals surface area contributed by atoms with Gasteiger partial charge in [-0.25, -0.2) is 34.7 Å². The summed E-state index contributed by atoms with van der Waals surface area (Å²) in [5, 5.41) is 11.8. The van der Waals surface area contributed by atoms with Crippen molar-refractivity contribution in [3.05, 3.63) is 109 Å². The highest BCUT2D eigenvalue weighted by Gasteiger charge is 2.30. The number of carbonyl (C=O) groups is 1. The van der Waals surface area contributed by atoms with E-state index < -0.39 is 37.5 Å². The number of hydrogen-bond acceptors (Lipinski definition) is 6. The minimum absolute atomic E-state index is 0.0176. The predicted molar refractivity (Wildman–Crippen MR) is 169 cm³/mol. The van der Waals surface area contributed by atoms with Crippen LogP contribution >= 0.6 is 57.4 Å². The van der Waals surface area contributed by atoms with E-state index in [9.17, 15) is 35.5 Å². The Balaban J connectivity index is 1.79. The molecule has 0 aliphatic carbocycles. The third-order valence-corrected chi connectivity index (χ3v) is 11.2. The van der Waals surface area contributed by atoms with Crippen molar-refractivity contribution in [2.75, 3.05) is 9.62 Å². The molecular weight excluding hydrogens is 824 g/mol. The van der Waals surface area contributed by atoms with Gasteiger partial charge in [-0.15, -0.1) is 0 Å². The number of carboxylic acid groups (broad SMARTS) is 1. The van der Waals surface area contributed by atoms with E-state index in [-0.39, 0.29) is 31.0 Å². The summed E-state index contributed by atoms with van der Waals surface area (Å²) in [7, 11) is -8.53. The molecule has 8 nitrogen and oxygen atoms in total. The number of nitrogens with zero attached hydrogens (tertiary/aromatic N) is 1. The third kappa shape index (κ3) is 6.68. The molecule has 2 N–H and O–H groups in total. The van der Waals surface area contributed by atoms with Crippen molar-refractivity contribution in [1.82, 2.24) is 0 Å². The van der Waals surface area contributed by atoms with Gasteiger partial charge in [-0.05, 0) is 142 Å². The van der Waals surface area contributed by atoms with E-state index in [1.54, 1.807) is 0 Å². The third-order valence-electron chi connectivity index (χ3n) is 5.56. The molecule has 0 bridgehead atoms. The first kappa shape index (κ1) is 31.2. The maximum atomic E-state index is 13.8. The van der Waals surface area contributed by atoms with Gasteiger partial charge in [-0.3, -0.25) is 0 Å². The van der Waals surface area contributed by atoms with Gasteiger partial charge in [0.1, 0.15) is 11.6 Å². The van der Waals surface area contributed by atoms with E-state index in [0.717, 1.165) is 52.8 Å². The van der Waals surface area contributed by atoms with Crippen LogP contribution in [0.25, 0.3) is 0 Å². The first-order chi connectivity index (χ1) is 19.2. The number of thiocarbonyl (C=S) groups is 1. The van der Waals surface area contributed by atoms with E-state index in [2.05, 4.69) is 5.32 Å². The Morgan fingerprint density at radius 1 is 0.756 bits per heavy atom. The number of halogens is 4. The summed E-state index contributed by atoms with van der Waals surface area (Å²) in [4.78, 5) is 10.8. The minimum Gasteiger partial charge on any atom is -0.478 e. The molecule has 0 saturated carbocycles. The van der Waals surface area contributed by atoms with Crippen LogP contribution in [0.15, 0.2) is 99.6 Å². The van der Waals surface area contributed by atoms with Crippen LogP contribution < -0.4 is 9.62 Å². The normalized spacial score (nSPS) is 11.6. The lowest BCUT2D eigenvalue weighted by Crippen LogP contribution is -2.40. The van der Waals surface area contributed by atoms with E-state index in [1.807, 2.05) is 45.2 Å². The molecule has 0 aliphatic heterocycles. The predicted octanol–water partition coefficient (Wildman–Crippen LogP) is 6.30. The second-order valence-corrected chi connectivity index (χ2v) is 14.7. The molecule has 0 heterocycles. The number of nitrogens with one attached hydrogen (secondary N) is 1. The molecule has 4 aromatic carbocycles. The Morgan fingerprint density at radius 2 is 1.17 bits per heavy atom. The van der Waals surface area contributed by atoms with Crippen molar-refractivity contribution < 1.29 is 35.5 Å². The number of sulfone groups is 1. The highest BCUT2D eigenvalue weighted by molar-refractivity contribution is 14.1. The molecule has 0 fully saturated rings. The van der Waals surface area contributed by atoms with E-state index in [1.165, 1.54) is 36.4 Å². The molecule has 4 aromatic rings. The number of benzene rings is 4. The molecule has 0 aromatic heterocycles. The fourth-order valence-corrected chi connectivity index (χ4v) is 8.72. The molecule has 0 atom stereocenters. The van der Waals surface area contributed by atoms with Crippen molar-refractivity contribution in [1.29, 1.82) is 0 Å². The molecule has 0 spiro atoms. The Morgan fingerprint density at radius 3 is 1.61 bits per heavy atom. The Labute approximate surface area is 266 Å². The highest BCUT2D eigenvalue weighted by atomic mass is 127. The fraction of sp³-hybridized carbons (Fsp3) is 0. The Bertz CT molecular complexity index is 1850. The van der Waals surface area contributed by atoms with Crippen LogP contribution in [-0.4, -0.2) is 33.0 Å². The Kier molecular flexibility index (Phi) is 9.32. The van der Waals surface area contributed by atoms with Crippen molar-refractivity contribution >= 4 is 99.7 Å². The second-order valence-electron chi connectivity index (χ2n) is 8.22. The van der Waals surface area contributed by atoms with Gasteiger partial charge >= 0.3 is 5.97 Å². The SMILES string of the molecule is O=C(O)c1cc(I)c(NC(=S)N(c2ccc(S(=O)(=O)c3ccc(F)cc3)cc2)S(=O)(=O)c2ccc(F)cc2)c(I)c1. The number of rotatable bonds is 7. The van der Waals surface area contributed by atoms with Crippen LogP contribution in [-0.2, 0) is 19.9 Å². The van der Waals surface area contributed by atoms with Gasteiger partial charge in [-0.2, -0.15) is 0 Å². The van der Waals surface area contributed by atoms with Crippen molar-refractivity contribution in [3.63, 3.8) is 0 Å². The lowest BCUT2D eigenvalue weighted by atomic mass is 10.2. The first-order valence-corrected chi connectivity index (χ1v) is 16.7. The summed E-state index contributed by atoms with van der Waals surface area (Å²) < 4.78 is 82.1. The molecule has 0 radical (unpaired) electrons. The molecule has 41 heavy (non-hydrogen) atoms. The van der Waals surface area contributed by atoms with Crippen LogP contribution in [0, 0.1) is 18.8 Å². The second kappa shape index (κ2) is 12.2. The van der Waals surface area contributed by atoms with E-state index >= 15 is 0 Å². The van der Waals surface area contributed by atoms with E-state index in [0.29, 0.717) is 12.8 Å². The van der Waals surface area contributed by atoms with Crippen LogP contribution in [0.2, 0.25) is 0 Å². The largest absolute Gasteiger partial charge is 0.478 e. The maximum Gasteiger partial charge on any atom is 0.335 e. The van der Waals surface area contributed by atoms with Gasteiger partial charge in [0.05, 0.1) is 31.6 Å². The quantitative estimate of drug-likeness (QED) is 0.127. The van der Waals surface area contributed by atoms with Crippen LogP contribution in [0.5, 0.6) is 0 Å². The van der Waals surface area contributed by atoms with Gasteiger partial charge < -0.3 is 10.4 Å². The number of anilines is 2. The zero-order chi connectivity index (χ0) is 30.1. The zero-order valence-electron chi connectivity index (χ0n) is 20.3. The molecule has 0 unspecified atom stereocenters. The summed E-state index contributed by atoms with van der Waals surface area (Å²) in [6, 6.07) is 15.9. The lowest BCUT2D eigenvalue weighted by molar-refractivity contribution is 0.0696. The maximum absolute atomic E-state index is 13.8. The van der Waals surface area contributed by atoms with Gasteiger partial charge in [0.2, 0.25) is 9.84 Å². The standard InChI is InChI=1S/C26H16F2I2N2O6S3/c27-16-1-7-19(8-2-16)40(35,36)20-11-5-18(6-12-20)32(41(37,38)21-9-3-17(28)4-10-21)26(39)31-24-22(29)13-15(25(33)34)14-23(24)30/h1-14H,(H,31,39)(H,33,34). The monoisotopic (exact) mass is 840 g/mol. The fourth-order valence-electron chi connectivity index (χ4n) is 3.56. The van der Waals surface area contributed by atoms with Crippen LogP contribution in [0.3, 0.4) is 0 Å². The molecule has 4 rings (SSSR count). The van der Waals surface area contributed by atoms with Crippen molar-refractivity contribution in [3.8, 4) is 0 Å². The summed E-state index contributed by atoms with van der Waals surface area (Å²) in [6.45, 7) is 0. The molecule has 15 heteroatoms. The zero-order valence-corrected chi connectivity index (χ0v) is 27.0. The molecule has 0 aliphatic rings. The Hall–Kier alpha value is -2.74. The van der Waals surface area contributed by atoms with Gasteiger partial charge in [-0.1, -0.05) is 0 Å². The number of sulfonamides is 1. The number of aromatic carboxylic acids is 1. The lowest BCUT2D eigenvalue weighted by Gasteiger charge is -2.26. The minimum atomic E-state index is -4.47. The van der Waals surface area contributed by atoms with Crippen LogP contribution in [0.4, 0.5) is 20.2 Å². The van der Waals surface area contributed by atoms with Crippen molar-refractivity contribution in [2.24, 2.45) is 0 Å². The average Bonchev–Trinajstić information content (AvgIpc) is 2.91. The summed E-state index contributed by atoms with van der Waals surface area (Å²) in [6.07, 6.45) is 0. The summed E-state index contributed by atoms with van der Waals surface area (Å²) in [5.41, 5.74) is 0.317. The van der Waals surface area contributed by atoms with Gasteiger partial charge in [0.25, 0.3) is 10.0 Å². The van der Waals surface area contributed by atoms with Crippen LogP contribution in [0.1, 0.15) is 10.4 Å². The smallest absolute Gasteiger partial charge is 0.335 e. The van der Waals surface area contributed by atoms with Gasteiger partial charge in [0, 0.05) is 7.14 Å².